The fourth-order valence-electron chi connectivity index (χ4n) is 7.73. The van der Waals surface area contributed by atoms with Gasteiger partial charge in [0, 0.05) is 22.3 Å². The van der Waals surface area contributed by atoms with Crippen molar-refractivity contribution in [2.45, 2.75) is 11.2 Å². The van der Waals surface area contributed by atoms with E-state index in [0.717, 1.165) is 77.9 Å². The molecule has 0 saturated heterocycles. The Labute approximate surface area is 268 Å². The molecule has 7 aromatic carbocycles. The second-order valence-electron chi connectivity index (χ2n) is 12.3. The molecule has 0 heterocycles. The van der Waals surface area contributed by atoms with Crippen LogP contribution in [0.1, 0.15) is 33.4 Å². The molecule has 0 aromatic heterocycles. The Balaban J connectivity index is 1.04. The van der Waals surface area contributed by atoms with Crippen LogP contribution >= 0.6 is 0 Å². The molecule has 46 heavy (non-hydrogen) atoms. The molecule has 2 N–H and O–H groups in total. The molecule has 0 radical (unpaired) electrons. The van der Waals surface area contributed by atoms with Crippen LogP contribution in [0.2, 0.25) is 0 Å². The van der Waals surface area contributed by atoms with Crippen LogP contribution in [0, 0.1) is 0 Å². The topological polar surface area (TPSA) is 40.5 Å². The van der Waals surface area contributed by atoms with Crippen molar-refractivity contribution in [2.24, 2.45) is 0 Å². The molecule has 7 aromatic rings. The van der Waals surface area contributed by atoms with Gasteiger partial charge in [0.15, 0.2) is 0 Å². The van der Waals surface area contributed by atoms with Gasteiger partial charge >= 0.3 is 0 Å². The average Bonchev–Trinajstić information content (AvgIpc) is 3.56. The first-order chi connectivity index (χ1) is 22.6. The van der Waals surface area contributed by atoms with Gasteiger partial charge < -0.3 is 10.2 Å². The highest BCUT2D eigenvalue weighted by atomic mass is 16.3. The highest BCUT2D eigenvalue weighted by molar-refractivity contribution is 5.84. The molecule has 0 saturated carbocycles. The van der Waals surface area contributed by atoms with Crippen molar-refractivity contribution in [3.05, 3.63) is 203 Å². The minimum Gasteiger partial charge on any atom is -0.376 e. The van der Waals surface area contributed by atoms with Crippen molar-refractivity contribution in [1.29, 1.82) is 0 Å². The first kappa shape index (κ1) is 26.8. The van der Waals surface area contributed by atoms with Crippen molar-refractivity contribution in [1.82, 2.24) is 0 Å². The maximum Gasteiger partial charge on any atom is 0.141 e. The van der Waals surface area contributed by atoms with E-state index in [-0.39, 0.29) is 0 Å². The second kappa shape index (κ2) is 9.98. The van der Waals surface area contributed by atoms with Crippen molar-refractivity contribution >= 4 is 0 Å². The summed E-state index contributed by atoms with van der Waals surface area (Å²) < 4.78 is 0. The van der Waals surface area contributed by atoms with E-state index in [0.29, 0.717) is 0 Å². The van der Waals surface area contributed by atoms with Gasteiger partial charge in [0.25, 0.3) is 0 Å². The summed E-state index contributed by atoms with van der Waals surface area (Å²) in [4.78, 5) is 0. The number of hydrogen-bond acceptors (Lipinski definition) is 2. The number of benzene rings is 7. The van der Waals surface area contributed by atoms with Gasteiger partial charge in [-0.2, -0.15) is 0 Å². The minimum absolute atomic E-state index is 0.855. The van der Waals surface area contributed by atoms with Crippen LogP contribution in [0.5, 0.6) is 0 Å². The lowest BCUT2D eigenvalue weighted by Gasteiger charge is -2.27. The van der Waals surface area contributed by atoms with E-state index in [1.165, 1.54) is 0 Å². The Bertz CT molecular complexity index is 2030. The molecule has 2 aliphatic rings. The number of rotatable bonds is 4. The van der Waals surface area contributed by atoms with Crippen molar-refractivity contribution in [3.8, 4) is 44.5 Å². The molecular formula is C44H30O2. The summed E-state index contributed by atoms with van der Waals surface area (Å²) in [7, 11) is 0. The van der Waals surface area contributed by atoms with E-state index >= 15 is 0 Å². The van der Waals surface area contributed by atoms with Gasteiger partial charge in [-0.05, 0) is 61.7 Å². The zero-order chi connectivity index (χ0) is 30.9. The smallest absolute Gasteiger partial charge is 0.141 e. The molecule has 2 aliphatic carbocycles. The Morgan fingerprint density at radius 2 is 0.587 bits per heavy atom. The van der Waals surface area contributed by atoms with Crippen LogP contribution in [0.15, 0.2) is 170 Å². The first-order valence-corrected chi connectivity index (χ1v) is 15.7. The van der Waals surface area contributed by atoms with Gasteiger partial charge in [0.05, 0.1) is 0 Å². The zero-order valence-electron chi connectivity index (χ0n) is 25.1. The third kappa shape index (κ3) is 3.72. The van der Waals surface area contributed by atoms with Gasteiger partial charge in [-0.3, -0.25) is 0 Å². The van der Waals surface area contributed by atoms with Gasteiger partial charge in [-0.15, -0.1) is 0 Å². The number of fused-ring (bicyclic) bond motifs is 6. The Hall–Kier alpha value is -5.54. The van der Waals surface area contributed by atoms with Crippen molar-refractivity contribution in [3.63, 3.8) is 0 Å². The van der Waals surface area contributed by atoms with Crippen LogP contribution in [-0.4, -0.2) is 10.2 Å². The van der Waals surface area contributed by atoms with Crippen molar-refractivity contribution in [2.75, 3.05) is 0 Å². The van der Waals surface area contributed by atoms with E-state index in [1.54, 1.807) is 0 Å². The molecule has 2 nitrogen and oxygen atoms in total. The second-order valence-corrected chi connectivity index (χ2v) is 12.3. The molecule has 0 bridgehead atoms. The molecule has 0 amide bonds. The summed E-state index contributed by atoms with van der Waals surface area (Å²) in [6.07, 6.45) is 0. The van der Waals surface area contributed by atoms with Gasteiger partial charge in [0.2, 0.25) is 0 Å². The predicted octanol–water partition coefficient (Wildman–Crippen LogP) is 9.55. The lowest BCUT2D eigenvalue weighted by Crippen LogP contribution is -2.26. The highest BCUT2D eigenvalue weighted by Crippen LogP contribution is 2.52. The van der Waals surface area contributed by atoms with E-state index < -0.39 is 11.2 Å². The van der Waals surface area contributed by atoms with Crippen LogP contribution in [-0.2, 0) is 11.2 Å². The average molecular weight is 591 g/mol. The van der Waals surface area contributed by atoms with Gasteiger partial charge in [-0.25, -0.2) is 0 Å². The molecule has 218 valence electrons. The molecule has 0 spiro atoms. The van der Waals surface area contributed by atoms with Crippen LogP contribution in [0.3, 0.4) is 0 Å². The summed E-state index contributed by atoms with van der Waals surface area (Å²) in [5.41, 5.74) is 11.7. The third-order valence-corrected chi connectivity index (χ3v) is 9.98. The number of aliphatic hydroxyl groups is 2. The van der Waals surface area contributed by atoms with Crippen LogP contribution in [0.4, 0.5) is 0 Å². The summed E-state index contributed by atoms with van der Waals surface area (Å²) >= 11 is 0. The minimum atomic E-state index is -1.19. The van der Waals surface area contributed by atoms with E-state index in [1.807, 2.05) is 97.1 Å². The Morgan fingerprint density at radius 1 is 0.283 bits per heavy atom. The maximum atomic E-state index is 12.2. The standard InChI is InChI=1S/C44H30O2/c45-43(39-16-5-1-12-35(39)36-13-2-6-17-40(36)43)33-24-20-29(21-25-33)31-10-9-11-32(28-31)30-22-26-34(27-23-30)44(46)41-18-7-3-14-37(41)38-15-4-8-19-42(38)44/h1-28,45-46H. The van der Waals surface area contributed by atoms with Gasteiger partial charge in [0.1, 0.15) is 11.2 Å². The van der Waals surface area contributed by atoms with Crippen LogP contribution in [0.25, 0.3) is 44.5 Å². The maximum absolute atomic E-state index is 12.2. The quantitative estimate of drug-likeness (QED) is 0.214. The zero-order valence-corrected chi connectivity index (χ0v) is 25.1. The summed E-state index contributed by atoms with van der Waals surface area (Å²) in [6.45, 7) is 0. The summed E-state index contributed by atoms with van der Waals surface area (Å²) in [5.74, 6) is 0. The molecule has 0 unspecified atom stereocenters. The third-order valence-electron chi connectivity index (χ3n) is 9.98. The fourth-order valence-corrected chi connectivity index (χ4v) is 7.73. The SMILES string of the molecule is OC1(c2ccc(-c3cccc(-c4ccc(C5(O)c6ccccc6-c6ccccc65)cc4)c3)cc2)c2ccccc2-c2ccccc21. The van der Waals surface area contributed by atoms with Crippen molar-refractivity contribution < 1.29 is 10.2 Å². The Kier molecular flexibility index (Phi) is 5.82. The lowest BCUT2D eigenvalue weighted by atomic mass is 9.83. The largest absolute Gasteiger partial charge is 0.376 e. The normalized spacial score (nSPS) is 14.7. The van der Waals surface area contributed by atoms with Gasteiger partial charge in [-0.1, -0.05) is 164 Å². The highest BCUT2D eigenvalue weighted by Gasteiger charge is 2.43. The first-order valence-electron chi connectivity index (χ1n) is 15.7. The molecule has 9 rings (SSSR count). The predicted molar refractivity (Wildman–Crippen MR) is 185 cm³/mol. The molecule has 2 heteroatoms. The lowest BCUT2D eigenvalue weighted by molar-refractivity contribution is 0.130. The van der Waals surface area contributed by atoms with E-state index in [4.69, 9.17) is 0 Å². The molecule has 0 aliphatic heterocycles. The van der Waals surface area contributed by atoms with E-state index in [2.05, 4.69) is 72.8 Å². The monoisotopic (exact) mass is 590 g/mol. The molecule has 0 fully saturated rings. The summed E-state index contributed by atoms with van der Waals surface area (Å²) in [6, 6.07) is 57.7. The fraction of sp³-hybridized carbons (Fsp3) is 0.0455. The number of hydrogen-bond donors (Lipinski definition) is 2. The summed E-state index contributed by atoms with van der Waals surface area (Å²) in [5, 5.41) is 24.5. The van der Waals surface area contributed by atoms with Crippen LogP contribution < -0.4 is 0 Å². The van der Waals surface area contributed by atoms with E-state index in [9.17, 15) is 10.2 Å². The molecular weight excluding hydrogens is 560 g/mol. The molecule has 0 atom stereocenters. The Morgan fingerprint density at radius 3 is 0.913 bits per heavy atom.